The van der Waals surface area contributed by atoms with Gasteiger partial charge in [-0.2, -0.15) is 0 Å². The number of rotatable bonds is 4. The fourth-order valence-corrected chi connectivity index (χ4v) is 2.61. The predicted octanol–water partition coefficient (Wildman–Crippen LogP) is 3.55. The number of hydrogen-bond donors (Lipinski definition) is 1. The molecule has 15 heavy (non-hydrogen) atoms. The highest BCUT2D eigenvalue weighted by Gasteiger charge is 2.17. The summed E-state index contributed by atoms with van der Waals surface area (Å²) in [6.07, 6.45) is 0. The first-order valence-corrected chi connectivity index (χ1v) is 7.19. The topological polar surface area (TPSA) is 29.1 Å². The first kappa shape index (κ1) is 13.2. The number of thiophene rings is 1. The van der Waals surface area contributed by atoms with Crippen LogP contribution in [-0.4, -0.2) is 10.7 Å². The quantitative estimate of drug-likeness (QED) is 0.823. The van der Waals surface area contributed by atoms with Gasteiger partial charge in [0.15, 0.2) is 0 Å². The summed E-state index contributed by atoms with van der Waals surface area (Å²) >= 11 is 8.39. The van der Waals surface area contributed by atoms with Gasteiger partial charge in [0.2, 0.25) is 5.91 Å². The van der Waals surface area contributed by atoms with Gasteiger partial charge in [0.05, 0.1) is 15.2 Å². The summed E-state index contributed by atoms with van der Waals surface area (Å²) in [4.78, 5) is 12.6. The molecule has 1 rings (SSSR count). The zero-order chi connectivity index (χ0) is 11.4. The van der Waals surface area contributed by atoms with Gasteiger partial charge in [-0.05, 0) is 34.0 Å². The second kappa shape index (κ2) is 6.01. The van der Waals surface area contributed by atoms with E-state index in [0.717, 1.165) is 8.66 Å². The molecule has 0 saturated carbocycles. The molecule has 1 aromatic rings. The van der Waals surface area contributed by atoms with Crippen LogP contribution in [0.2, 0.25) is 0 Å². The summed E-state index contributed by atoms with van der Waals surface area (Å²) in [7, 11) is 0. The van der Waals surface area contributed by atoms with Crippen LogP contribution in [0.3, 0.4) is 0 Å². The molecule has 84 valence electrons. The standard InChI is InChI=1S/C10H13Br2NOS/c1-6(2)9(12)10(14)13-5-7-3-4-8(11)15-7/h3-4,6,9H,5H2,1-2H3,(H,13,14). The van der Waals surface area contributed by atoms with Crippen LogP contribution in [0.4, 0.5) is 0 Å². The smallest absolute Gasteiger partial charge is 0.234 e. The maximum absolute atomic E-state index is 11.6. The second-order valence-corrected chi connectivity index (χ2v) is 7.10. The van der Waals surface area contributed by atoms with Crippen molar-refractivity contribution in [3.8, 4) is 0 Å². The van der Waals surface area contributed by atoms with Gasteiger partial charge < -0.3 is 5.32 Å². The van der Waals surface area contributed by atoms with E-state index in [0.29, 0.717) is 12.5 Å². The monoisotopic (exact) mass is 353 g/mol. The molecule has 1 aromatic heterocycles. The van der Waals surface area contributed by atoms with Crippen LogP contribution in [0, 0.1) is 5.92 Å². The zero-order valence-corrected chi connectivity index (χ0v) is 12.6. The molecule has 0 aliphatic rings. The summed E-state index contributed by atoms with van der Waals surface area (Å²) in [5.41, 5.74) is 0. The number of amides is 1. The Morgan fingerprint density at radius 3 is 2.67 bits per heavy atom. The fourth-order valence-electron chi connectivity index (χ4n) is 1.02. The minimum absolute atomic E-state index is 0.0505. The third kappa shape index (κ3) is 4.25. The normalized spacial score (nSPS) is 12.9. The Kier molecular flexibility index (Phi) is 5.29. The average molecular weight is 355 g/mol. The van der Waals surface area contributed by atoms with Crippen molar-refractivity contribution in [3.63, 3.8) is 0 Å². The minimum atomic E-state index is -0.110. The van der Waals surface area contributed by atoms with Crippen LogP contribution in [0.1, 0.15) is 18.7 Å². The Balaban J connectivity index is 2.40. The van der Waals surface area contributed by atoms with Crippen molar-refractivity contribution in [1.82, 2.24) is 5.32 Å². The highest BCUT2D eigenvalue weighted by Crippen LogP contribution is 2.22. The highest BCUT2D eigenvalue weighted by molar-refractivity contribution is 9.11. The highest BCUT2D eigenvalue weighted by atomic mass is 79.9. The van der Waals surface area contributed by atoms with E-state index in [2.05, 4.69) is 37.2 Å². The molecule has 0 fully saturated rings. The first-order valence-electron chi connectivity index (χ1n) is 4.66. The van der Waals surface area contributed by atoms with E-state index in [-0.39, 0.29) is 10.7 Å². The Hall–Kier alpha value is 0.130. The van der Waals surface area contributed by atoms with Crippen molar-refractivity contribution in [2.24, 2.45) is 5.92 Å². The number of carbonyl (C=O) groups is 1. The van der Waals surface area contributed by atoms with E-state index in [9.17, 15) is 4.79 Å². The molecular weight excluding hydrogens is 342 g/mol. The van der Waals surface area contributed by atoms with Gasteiger partial charge in [-0.3, -0.25) is 4.79 Å². The molecule has 0 aliphatic carbocycles. The minimum Gasteiger partial charge on any atom is -0.350 e. The Morgan fingerprint density at radius 1 is 1.53 bits per heavy atom. The molecule has 0 spiro atoms. The molecule has 5 heteroatoms. The maximum atomic E-state index is 11.6. The van der Waals surface area contributed by atoms with Gasteiger partial charge in [0.25, 0.3) is 0 Å². The predicted molar refractivity (Wildman–Crippen MR) is 71.4 cm³/mol. The molecule has 1 N–H and O–H groups in total. The third-order valence-electron chi connectivity index (χ3n) is 1.90. The molecule has 0 saturated heterocycles. The molecule has 2 nitrogen and oxygen atoms in total. The van der Waals surface area contributed by atoms with Crippen LogP contribution in [-0.2, 0) is 11.3 Å². The Bertz CT molecular complexity index is 338. The van der Waals surface area contributed by atoms with Gasteiger partial charge in [-0.25, -0.2) is 0 Å². The lowest BCUT2D eigenvalue weighted by atomic mass is 10.1. The van der Waals surface area contributed by atoms with Crippen LogP contribution in [0.25, 0.3) is 0 Å². The molecular formula is C10H13Br2NOS. The molecule has 0 aliphatic heterocycles. The average Bonchev–Trinajstić information content (AvgIpc) is 2.59. The number of halogens is 2. The molecule has 1 amide bonds. The fraction of sp³-hybridized carbons (Fsp3) is 0.500. The Morgan fingerprint density at radius 2 is 2.20 bits per heavy atom. The van der Waals surface area contributed by atoms with Crippen LogP contribution < -0.4 is 5.32 Å². The van der Waals surface area contributed by atoms with E-state index in [1.54, 1.807) is 11.3 Å². The number of nitrogens with one attached hydrogen (secondary N) is 1. The van der Waals surface area contributed by atoms with Gasteiger partial charge in [-0.15, -0.1) is 11.3 Å². The van der Waals surface area contributed by atoms with Gasteiger partial charge in [-0.1, -0.05) is 29.8 Å². The van der Waals surface area contributed by atoms with E-state index in [1.165, 1.54) is 0 Å². The van der Waals surface area contributed by atoms with Crippen LogP contribution in [0.5, 0.6) is 0 Å². The molecule has 0 bridgehead atoms. The molecule has 1 heterocycles. The SMILES string of the molecule is CC(C)C(Br)C(=O)NCc1ccc(Br)s1. The lowest BCUT2D eigenvalue weighted by Gasteiger charge is -2.13. The summed E-state index contributed by atoms with van der Waals surface area (Å²) in [5, 5.41) is 2.90. The van der Waals surface area contributed by atoms with E-state index in [1.807, 2.05) is 26.0 Å². The number of hydrogen-bond acceptors (Lipinski definition) is 2. The van der Waals surface area contributed by atoms with Crippen molar-refractivity contribution in [2.45, 2.75) is 25.2 Å². The van der Waals surface area contributed by atoms with Crippen molar-refractivity contribution in [1.29, 1.82) is 0 Å². The van der Waals surface area contributed by atoms with Crippen molar-refractivity contribution in [3.05, 3.63) is 20.8 Å². The molecule has 0 radical (unpaired) electrons. The van der Waals surface area contributed by atoms with Gasteiger partial charge in [0.1, 0.15) is 0 Å². The molecule has 0 aromatic carbocycles. The zero-order valence-electron chi connectivity index (χ0n) is 8.59. The second-order valence-electron chi connectivity index (χ2n) is 3.57. The summed E-state index contributed by atoms with van der Waals surface area (Å²) in [5.74, 6) is 0.356. The first-order chi connectivity index (χ1) is 7.00. The lowest BCUT2D eigenvalue weighted by molar-refractivity contribution is -0.121. The van der Waals surface area contributed by atoms with E-state index < -0.39 is 0 Å². The summed E-state index contributed by atoms with van der Waals surface area (Å²) in [6.45, 7) is 4.63. The summed E-state index contributed by atoms with van der Waals surface area (Å²) in [6, 6.07) is 3.99. The maximum Gasteiger partial charge on any atom is 0.234 e. The molecule has 1 atom stereocenters. The lowest BCUT2D eigenvalue weighted by Crippen LogP contribution is -2.33. The number of carbonyl (C=O) groups excluding carboxylic acids is 1. The van der Waals surface area contributed by atoms with E-state index >= 15 is 0 Å². The largest absolute Gasteiger partial charge is 0.350 e. The summed E-state index contributed by atoms with van der Waals surface area (Å²) < 4.78 is 1.09. The van der Waals surface area contributed by atoms with Crippen molar-refractivity contribution in [2.75, 3.05) is 0 Å². The molecule has 1 unspecified atom stereocenters. The van der Waals surface area contributed by atoms with Crippen molar-refractivity contribution < 1.29 is 4.79 Å². The van der Waals surface area contributed by atoms with Gasteiger partial charge in [0, 0.05) is 4.88 Å². The van der Waals surface area contributed by atoms with Gasteiger partial charge >= 0.3 is 0 Å². The van der Waals surface area contributed by atoms with Crippen LogP contribution >= 0.6 is 43.2 Å². The van der Waals surface area contributed by atoms with Crippen LogP contribution in [0.15, 0.2) is 15.9 Å². The van der Waals surface area contributed by atoms with E-state index in [4.69, 9.17) is 0 Å². The third-order valence-corrected chi connectivity index (χ3v) is 5.00. The van der Waals surface area contributed by atoms with Crippen molar-refractivity contribution >= 4 is 49.1 Å². The Labute approximate surface area is 111 Å². The number of alkyl halides is 1.